The van der Waals surface area contributed by atoms with E-state index < -0.39 is 9.84 Å². The summed E-state index contributed by atoms with van der Waals surface area (Å²) in [6.07, 6.45) is 0.782. The average molecular weight is 302 g/mol. The van der Waals surface area contributed by atoms with Crippen LogP contribution in [0.4, 0.5) is 0 Å². The van der Waals surface area contributed by atoms with Crippen LogP contribution in [0, 0.1) is 0 Å². The molecular weight excluding hydrogens is 286 g/mol. The van der Waals surface area contributed by atoms with Crippen molar-refractivity contribution in [3.63, 3.8) is 0 Å². The number of carbonyl (C=O) groups is 1. The molecular formula is C13H16ClNO3S. The van der Waals surface area contributed by atoms with Crippen LogP contribution < -0.4 is 0 Å². The molecule has 0 atom stereocenters. The number of nitrogens with zero attached hydrogens (tertiary/aromatic N) is 1. The zero-order valence-electron chi connectivity index (χ0n) is 10.5. The standard InChI is InChI=1S/C13H16ClNO3S/c14-12-4-1-3-11(9-12)10-13(16)15-5-2-7-19(17,18)8-6-15/h1,3-4,9H,2,5-8,10H2. The first-order chi connectivity index (χ1) is 8.96. The Hall–Kier alpha value is -1.07. The highest BCUT2D eigenvalue weighted by Gasteiger charge is 2.22. The summed E-state index contributed by atoms with van der Waals surface area (Å²) in [4.78, 5) is 13.8. The molecule has 1 saturated heterocycles. The van der Waals surface area contributed by atoms with Crippen molar-refractivity contribution in [2.24, 2.45) is 0 Å². The van der Waals surface area contributed by atoms with Gasteiger partial charge in [0.25, 0.3) is 0 Å². The zero-order valence-corrected chi connectivity index (χ0v) is 12.1. The molecule has 6 heteroatoms. The summed E-state index contributed by atoms with van der Waals surface area (Å²) in [5.41, 5.74) is 0.851. The lowest BCUT2D eigenvalue weighted by Gasteiger charge is -2.19. The Balaban J connectivity index is 2.00. The van der Waals surface area contributed by atoms with Crippen molar-refractivity contribution in [3.8, 4) is 0 Å². The van der Waals surface area contributed by atoms with Crippen LogP contribution in [-0.4, -0.2) is 43.8 Å². The number of halogens is 1. The van der Waals surface area contributed by atoms with E-state index in [0.717, 1.165) is 5.56 Å². The smallest absolute Gasteiger partial charge is 0.227 e. The van der Waals surface area contributed by atoms with E-state index in [1.54, 1.807) is 23.1 Å². The molecule has 0 spiro atoms. The van der Waals surface area contributed by atoms with Gasteiger partial charge in [-0.3, -0.25) is 4.79 Å². The first-order valence-electron chi connectivity index (χ1n) is 6.19. The number of hydrogen-bond donors (Lipinski definition) is 0. The molecule has 0 saturated carbocycles. The summed E-state index contributed by atoms with van der Waals surface area (Å²) in [6.45, 7) is 0.806. The van der Waals surface area contributed by atoms with Crippen molar-refractivity contribution in [1.29, 1.82) is 0 Å². The highest BCUT2D eigenvalue weighted by Crippen LogP contribution is 2.13. The maximum absolute atomic E-state index is 12.1. The van der Waals surface area contributed by atoms with Crippen LogP contribution in [0.5, 0.6) is 0 Å². The fourth-order valence-corrected chi connectivity index (χ4v) is 3.61. The minimum absolute atomic E-state index is 0.0423. The van der Waals surface area contributed by atoms with Gasteiger partial charge < -0.3 is 4.90 Å². The van der Waals surface area contributed by atoms with Gasteiger partial charge in [0, 0.05) is 18.1 Å². The van der Waals surface area contributed by atoms with E-state index in [-0.39, 0.29) is 23.8 Å². The van der Waals surface area contributed by atoms with Gasteiger partial charge in [0.2, 0.25) is 5.91 Å². The summed E-state index contributed by atoms with van der Waals surface area (Å²) >= 11 is 5.87. The largest absolute Gasteiger partial charge is 0.341 e. The van der Waals surface area contributed by atoms with Gasteiger partial charge in [-0.2, -0.15) is 0 Å². The van der Waals surface area contributed by atoms with E-state index in [4.69, 9.17) is 11.6 Å². The van der Waals surface area contributed by atoms with Crippen molar-refractivity contribution in [2.75, 3.05) is 24.6 Å². The Bertz CT molecular complexity index is 571. The molecule has 1 fully saturated rings. The Morgan fingerprint density at radius 2 is 2.05 bits per heavy atom. The van der Waals surface area contributed by atoms with Crippen LogP contribution in [0.25, 0.3) is 0 Å². The molecule has 1 amide bonds. The molecule has 0 aliphatic carbocycles. The Kier molecular flexibility index (Phi) is 4.47. The lowest BCUT2D eigenvalue weighted by atomic mass is 10.1. The van der Waals surface area contributed by atoms with E-state index in [2.05, 4.69) is 0 Å². The minimum Gasteiger partial charge on any atom is -0.341 e. The SMILES string of the molecule is O=C(Cc1cccc(Cl)c1)N1CCCS(=O)(=O)CC1. The number of sulfone groups is 1. The van der Waals surface area contributed by atoms with Gasteiger partial charge in [-0.1, -0.05) is 23.7 Å². The van der Waals surface area contributed by atoms with Gasteiger partial charge >= 0.3 is 0 Å². The third kappa shape index (κ3) is 4.21. The second kappa shape index (κ2) is 5.92. The molecule has 2 rings (SSSR count). The van der Waals surface area contributed by atoms with Crippen molar-refractivity contribution in [2.45, 2.75) is 12.8 Å². The zero-order chi connectivity index (χ0) is 13.9. The van der Waals surface area contributed by atoms with Gasteiger partial charge in [-0.05, 0) is 24.1 Å². The molecule has 4 nitrogen and oxygen atoms in total. The molecule has 0 radical (unpaired) electrons. The normalized spacial score (nSPS) is 18.9. The fraction of sp³-hybridized carbons (Fsp3) is 0.462. The summed E-state index contributed by atoms with van der Waals surface area (Å²) in [6, 6.07) is 7.16. The fourth-order valence-electron chi connectivity index (χ4n) is 2.12. The first kappa shape index (κ1) is 14.3. The van der Waals surface area contributed by atoms with E-state index in [1.807, 2.05) is 6.07 Å². The van der Waals surface area contributed by atoms with Crippen LogP contribution in [-0.2, 0) is 21.1 Å². The maximum atomic E-state index is 12.1. The molecule has 1 aromatic carbocycles. The summed E-state index contributed by atoms with van der Waals surface area (Å²) in [5.74, 6) is 0.196. The third-order valence-electron chi connectivity index (χ3n) is 3.15. The number of carbonyl (C=O) groups excluding carboxylic acids is 1. The van der Waals surface area contributed by atoms with Crippen LogP contribution in [0.1, 0.15) is 12.0 Å². The number of benzene rings is 1. The first-order valence-corrected chi connectivity index (χ1v) is 8.39. The number of amides is 1. The maximum Gasteiger partial charge on any atom is 0.227 e. The molecule has 0 unspecified atom stereocenters. The summed E-state index contributed by atoms with van der Waals surface area (Å²) in [7, 11) is -2.98. The average Bonchev–Trinajstić information content (AvgIpc) is 2.50. The predicted octanol–water partition coefficient (Wildman–Crippen LogP) is 1.53. The summed E-state index contributed by atoms with van der Waals surface area (Å²) < 4.78 is 23.0. The van der Waals surface area contributed by atoms with E-state index in [9.17, 15) is 13.2 Å². The second-order valence-electron chi connectivity index (χ2n) is 4.69. The van der Waals surface area contributed by atoms with Crippen LogP contribution in [0.3, 0.4) is 0 Å². The molecule has 104 valence electrons. The van der Waals surface area contributed by atoms with Gasteiger partial charge in [0.15, 0.2) is 9.84 Å². The molecule has 0 bridgehead atoms. The lowest BCUT2D eigenvalue weighted by molar-refractivity contribution is -0.130. The highest BCUT2D eigenvalue weighted by molar-refractivity contribution is 7.91. The van der Waals surface area contributed by atoms with E-state index in [1.165, 1.54) is 0 Å². The van der Waals surface area contributed by atoms with Crippen molar-refractivity contribution in [3.05, 3.63) is 34.9 Å². The number of hydrogen-bond acceptors (Lipinski definition) is 3. The topological polar surface area (TPSA) is 54.5 Å². The Labute approximate surface area is 118 Å². The predicted molar refractivity (Wildman–Crippen MR) is 75.0 cm³/mol. The summed E-state index contributed by atoms with van der Waals surface area (Å²) in [5, 5.41) is 0.601. The third-order valence-corrected chi connectivity index (χ3v) is 5.10. The van der Waals surface area contributed by atoms with E-state index in [0.29, 0.717) is 24.5 Å². The van der Waals surface area contributed by atoms with Crippen LogP contribution in [0.2, 0.25) is 5.02 Å². The molecule has 1 aliphatic rings. The van der Waals surface area contributed by atoms with Gasteiger partial charge in [-0.15, -0.1) is 0 Å². The van der Waals surface area contributed by atoms with Gasteiger partial charge in [0.1, 0.15) is 0 Å². The molecule has 1 aliphatic heterocycles. The minimum atomic E-state index is -2.98. The Morgan fingerprint density at radius 1 is 1.26 bits per heavy atom. The quantitative estimate of drug-likeness (QED) is 0.832. The van der Waals surface area contributed by atoms with Crippen molar-refractivity contribution >= 4 is 27.3 Å². The second-order valence-corrected chi connectivity index (χ2v) is 7.43. The van der Waals surface area contributed by atoms with E-state index >= 15 is 0 Å². The molecule has 1 aromatic rings. The number of rotatable bonds is 2. The highest BCUT2D eigenvalue weighted by atomic mass is 35.5. The van der Waals surface area contributed by atoms with Crippen LogP contribution >= 0.6 is 11.6 Å². The lowest BCUT2D eigenvalue weighted by Crippen LogP contribution is -2.34. The Morgan fingerprint density at radius 3 is 2.79 bits per heavy atom. The molecule has 0 aromatic heterocycles. The van der Waals surface area contributed by atoms with Crippen molar-refractivity contribution < 1.29 is 13.2 Å². The molecule has 0 N–H and O–H groups in total. The van der Waals surface area contributed by atoms with Crippen LogP contribution in [0.15, 0.2) is 24.3 Å². The molecule has 1 heterocycles. The molecule has 19 heavy (non-hydrogen) atoms. The van der Waals surface area contributed by atoms with Crippen molar-refractivity contribution in [1.82, 2.24) is 4.90 Å². The van der Waals surface area contributed by atoms with Gasteiger partial charge in [-0.25, -0.2) is 8.42 Å². The monoisotopic (exact) mass is 301 g/mol. The van der Waals surface area contributed by atoms with Gasteiger partial charge in [0.05, 0.1) is 17.9 Å².